The lowest BCUT2D eigenvalue weighted by atomic mass is 9.83. The second-order valence-corrected chi connectivity index (χ2v) is 7.01. The van der Waals surface area contributed by atoms with Gasteiger partial charge >= 0.3 is 0 Å². The summed E-state index contributed by atoms with van der Waals surface area (Å²) in [7, 11) is 0. The molecule has 0 aromatic rings. The van der Waals surface area contributed by atoms with E-state index in [4.69, 9.17) is 14.2 Å². The standard InChI is InChI=1S/C17H26O8/c1-7-6-23-17(13-9(4-18)3-10(20)12(7)13)25-16-8(2)14(21)15(22)11(5-19)24-16/h3,6,8,10-22H,4-5H2,1-2H3/t8?,10-,11?,12-,13+,14?,15?,16?,17-/m0/s1. The number of rotatable bonds is 4. The van der Waals surface area contributed by atoms with Crippen LogP contribution in [-0.2, 0) is 14.2 Å². The van der Waals surface area contributed by atoms with Gasteiger partial charge in [-0.3, -0.25) is 0 Å². The number of aliphatic hydroxyl groups excluding tert-OH is 5. The van der Waals surface area contributed by atoms with Gasteiger partial charge in [-0.05, 0) is 18.1 Å². The molecule has 2 aliphatic heterocycles. The lowest BCUT2D eigenvalue weighted by molar-refractivity contribution is -0.327. The molecule has 0 bridgehead atoms. The van der Waals surface area contributed by atoms with E-state index in [1.54, 1.807) is 13.0 Å². The van der Waals surface area contributed by atoms with Crippen LogP contribution >= 0.6 is 0 Å². The molecular formula is C17H26O8. The largest absolute Gasteiger partial charge is 0.472 e. The average molecular weight is 358 g/mol. The Morgan fingerprint density at radius 2 is 1.80 bits per heavy atom. The Labute approximate surface area is 145 Å². The highest BCUT2D eigenvalue weighted by molar-refractivity contribution is 5.29. The van der Waals surface area contributed by atoms with Crippen LogP contribution in [0.2, 0.25) is 0 Å². The van der Waals surface area contributed by atoms with Crippen LogP contribution < -0.4 is 0 Å². The first-order valence-corrected chi connectivity index (χ1v) is 8.48. The van der Waals surface area contributed by atoms with Gasteiger partial charge in [0.25, 0.3) is 0 Å². The lowest BCUT2D eigenvalue weighted by Crippen LogP contribution is -2.56. The van der Waals surface area contributed by atoms with E-state index in [9.17, 15) is 25.5 Å². The molecule has 0 aromatic heterocycles. The summed E-state index contributed by atoms with van der Waals surface area (Å²) in [4.78, 5) is 0. The summed E-state index contributed by atoms with van der Waals surface area (Å²) in [6, 6.07) is 0. The van der Waals surface area contributed by atoms with Gasteiger partial charge in [-0.15, -0.1) is 0 Å². The number of hydrogen-bond donors (Lipinski definition) is 5. The smallest absolute Gasteiger partial charge is 0.208 e. The molecule has 0 saturated carbocycles. The third-order valence-electron chi connectivity index (χ3n) is 5.41. The molecule has 142 valence electrons. The van der Waals surface area contributed by atoms with Crippen molar-refractivity contribution in [3.63, 3.8) is 0 Å². The van der Waals surface area contributed by atoms with Gasteiger partial charge < -0.3 is 39.7 Å². The Morgan fingerprint density at radius 3 is 2.44 bits per heavy atom. The predicted octanol–water partition coefficient (Wildman–Crippen LogP) is -1.14. The molecule has 3 aliphatic rings. The fourth-order valence-electron chi connectivity index (χ4n) is 3.89. The molecule has 5 N–H and O–H groups in total. The minimum atomic E-state index is -1.21. The summed E-state index contributed by atoms with van der Waals surface area (Å²) in [5.74, 6) is -1.19. The quantitative estimate of drug-likeness (QED) is 0.399. The van der Waals surface area contributed by atoms with Crippen molar-refractivity contribution in [3.8, 4) is 0 Å². The van der Waals surface area contributed by atoms with Crippen LogP contribution in [0, 0.1) is 17.8 Å². The molecular weight excluding hydrogens is 332 g/mol. The Balaban J connectivity index is 1.79. The Bertz CT molecular complexity index is 545. The molecule has 8 heteroatoms. The van der Waals surface area contributed by atoms with Crippen molar-refractivity contribution in [2.75, 3.05) is 13.2 Å². The highest BCUT2D eigenvalue weighted by Crippen LogP contribution is 2.44. The Morgan fingerprint density at radius 1 is 1.08 bits per heavy atom. The highest BCUT2D eigenvalue weighted by atomic mass is 16.8. The summed E-state index contributed by atoms with van der Waals surface area (Å²) >= 11 is 0. The molecule has 2 heterocycles. The zero-order valence-electron chi connectivity index (χ0n) is 14.2. The van der Waals surface area contributed by atoms with Gasteiger partial charge in [0.05, 0.1) is 37.6 Å². The van der Waals surface area contributed by atoms with Crippen molar-refractivity contribution < 1.29 is 39.7 Å². The molecule has 25 heavy (non-hydrogen) atoms. The Hall–Kier alpha value is -1.00. The monoisotopic (exact) mass is 358 g/mol. The SMILES string of the molecule is CC1=CO[C@@H](OC2OC(CO)C(O)C(O)C2C)[C@@H]2C(CO)=C[C@H](O)[C@H]12. The second-order valence-electron chi connectivity index (χ2n) is 7.01. The van der Waals surface area contributed by atoms with E-state index >= 15 is 0 Å². The van der Waals surface area contributed by atoms with Crippen LogP contribution in [0.5, 0.6) is 0 Å². The van der Waals surface area contributed by atoms with E-state index in [2.05, 4.69) is 0 Å². The number of hydrogen-bond acceptors (Lipinski definition) is 8. The van der Waals surface area contributed by atoms with Crippen LogP contribution in [0.1, 0.15) is 13.8 Å². The molecule has 3 rings (SSSR count). The number of fused-ring (bicyclic) bond motifs is 1. The van der Waals surface area contributed by atoms with Gasteiger partial charge in [-0.1, -0.05) is 13.0 Å². The molecule has 0 aromatic carbocycles. The van der Waals surface area contributed by atoms with Gasteiger partial charge in [0, 0.05) is 11.8 Å². The summed E-state index contributed by atoms with van der Waals surface area (Å²) in [6.45, 7) is 2.82. The van der Waals surface area contributed by atoms with Crippen LogP contribution in [-0.4, -0.2) is 75.7 Å². The topological polar surface area (TPSA) is 129 Å². The van der Waals surface area contributed by atoms with Crippen molar-refractivity contribution in [2.45, 2.75) is 50.8 Å². The van der Waals surface area contributed by atoms with Gasteiger partial charge in [-0.2, -0.15) is 0 Å². The third kappa shape index (κ3) is 3.23. The zero-order chi connectivity index (χ0) is 18.3. The summed E-state index contributed by atoms with van der Waals surface area (Å²) in [5, 5.41) is 49.2. The van der Waals surface area contributed by atoms with Crippen molar-refractivity contribution >= 4 is 0 Å². The summed E-state index contributed by atoms with van der Waals surface area (Å²) < 4.78 is 17.1. The van der Waals surface area contributed by atoms with Gasteiger partial charge in [-0.25, -0.2) is 0 Å². The molecule has 5 unspecified atom stereocenters. The minimum absolute atomic E-state index is 0.226. The van der Waals surface area contributed by atoms with E-state index in [1.807, 2.05) is 6.92 Å². The summed E-state index contributed by atoms with van der Waals surface area (Å²) in [5.41, 5.74) is 1.47. The molecule has 0 amide bonds. The highest BCUT2D eigenvalue weighted by Gasteiger charge is 2.49. The average Bonchev–Trinajstić information content (AvgIpc) is 2.95. The fourth-order valence-corrected chi connectivity index (χ4v) is 3.89. The molecule has 0 radical (unpaired) electrons. The molecule has 8 nitrogen and oxygen atoms in total. The van der Waals surface area contributed by atoms with Gasteiger partial charge in [0.2, 0.25) is 6.29 Å². The maximum absolute atomic E-state index is 10.3. The molecule has 1 fully saturated rings. The van der Waals surface area contributed by atoms with Crippen molar-refractivity contribution in [2.24, 2.45) is 17.8 Å². The predicted molar refractivity (Wildman–Crippen MR) is 84.8 cm³/mol. The second kappa shape index (κ2) is 7.32. The maximum atomic E-state index is 10.3. The number of ether oxygens (including phenoxy) is 3. The zero-order valence-corrected chi connectivity index (χ0v) is 14.2. The molecule has 1 saturated heterocycles. The van der Waals surface area contributed by atoms with E-state index in [-0.39, 0.29) is 18.4 Å². The third-order valence-corrected chi connectivity index (χ3v) is 5.41. The summed E-state index contributed by atoms with van der Waals surface area (Å²) in [6.07, 6.45) is -2.62. The Kier molecular flexibility index (Phi) is 5.50. The van der Waals surface area contributed by atoms with E-state index in [0.29, 0.717) is 5.57 Å². The normalized spacial score (nSPS) is 46.9. The van der Waals surface area contributed by atoms with E-state index < -0.39 is 49.5 Å². The minimum Gasteiger partial charge on any atom is -0.472 e. The van der Waals surface area contributed by atoms with Crippen molar-refractivity contribution in [1.29, 1.82) is 0 Å². The van der Waals surface area contributed by atoms with Crippen molar-refractivity contribution in [3.05, 3.63) is 23.5 Å². The van der Waals surface area contributed by atoms with Crippen molar-refractivity contribution in [1.82, 2.24) is 0 Å². The van der Waals surface area contributed by atoms with Gasteiger partial charge in [0.1, 0.15) is 12.2 Å². The van der Waals surface area contributed by atoms with Crippen LogP contribution in [0.25, 0.3) is 0 Å². The van der Waals surface area contributed by atoms with Gasteiger partial charge in [0.15, 0.2) is 6.29 Å². The molecule has 0 spiro atoms. The lowest BCUT2D eigenvalue weighted by Gasteiger charge is -2.43. The van der Waals surface area contributed by atoms with Crippen LogP contribution in [0.15, 0.2) is 23.5 Å². The van der Waals surface area contributed by atoms with Crippen LogP contribution in [0.4, 0.5) is 0 Å². The molecule has 1 aliphatic carbocycles. The fraction of sp³-hybridized carbons (Fsp3) is 0.765. The van der Waals surface area contributed by atoms with E-state index in [0.717, 1.165) is 5.57 Å². The van der Waals surface area contributed by atoms with E-state index in [1.165, 1.54) is 6.26 Å². The first kappa shape index (κ1) is 18.8. The van der Waals surface area contributed by atoms with Crippen LogP contribution in [0.3, 0.4) is 0 Å². The maximum Gasteiger partial charge on any atom is 0.208 e. The molecule has 9 atom stereocenters. The number of aliphatic hydroxyl groups is 5. The first-order chi connectivity index (χ1) is 11.9. The first-order valence-electron chi connectivity index (χ1n) is 8.48.